The van der Waals surface area contributed by atoms with Gasteiger partial charge in [0, 0.05) is 0 Å². The van der Waals surface area contributed by atoms with Crippen LogP contribution >= 0.6 is 0 Å². The number of ether oxygens (including phenoxy) is 2. The fraction of sp³-hybridized carbons (Fsp3) is 0.933. The lowest BCUT2D eigenvalue weighted by atomic mass is 9.63. The van der Waals surface area contributed by atoms with E-state index in [2.05, 4.69) is 20.8 Å². The van der Waals surface area contributed by atoms with E-state index in [1.807, 2.05) is 6.92 Å². The van der Waals surface area contributed by atoms with Crippen molar-refractivity contribution in [2.24, 2.45) is 23.7 Å². The molecule has 0 spiro atoms. The summed E-state index contributed by atoms with van der Waals surface area (Å²) in [6.07, 6.45) is 1.33. The van der Waals surface area contributed by atoms with E-state index < -0.39 is 5.60 Å². The highest BCUT2D eigenvalue weighted by Crippen LogP contribution is 2.47. The minimum atomic E-state index is -0.827. The van der Waals surface area contributed by atoms with Gasteiger partial charge in [0.15, 0.2) is 5.60 Å². The first-order valence-corrected chi connectivity index (χ1v) is 7.26. The summed E-state index contributed by atoms with van der Waals surface area (Å²) in [6, 6.07) is 0. The van der Waals surface area contributed by atoms with Crippen molar-refractivity contribution in [1.29, 1.82) is 0 Å². The molecule has 1 saturated carbocycles. The number of aliphatic hydroxyl groups is 1. The molecule has 2 fully saturated rings. The molecule has 0 bridgehead atoms. The standard InChI is InChI=1S/C15H26O4/c1-8-9(2)13-11(10(3)12(8)16)6-7-15(4,19-13)14(17)18-5/h8-13,16H,6-7H2,1-5H3/t8?,9?,10?,11?,12?,13?,15-/m0/s1. The maximum Gasteiger partial charge on any atom is 0.337 e. The number of fused-ring (bicyclic) bond motifs is 1. The van der Waals surface area contributed by atoms with Crippen LogP contribution in [0.15, 0.2) is 0 Å². The van der Waals surface area contributed by atoms with Gasteiger partial charge in [0.25, 0.3) is 0 Å². The zero-order chi connectivity index (χ0) is 14.4. The number of hydrogen-bond acceptors (Lipinski definition) is 4. The second-order valence-corrected chi connectivity index (χ2v) is 6.58. The van der Waals surface area contributed by atoms with Gasteiger partial charge < -0.3 is 14.6 Å². The Morgan fingerprint density at radius 3 is 2.47 bits per heavy atom. The fourth-order valence-corrected chi connectivity index (χ4v) is 3.82. The predicted molar refractivity (Wildman–Crippen MR) is 71.5 cm³/mol. The minimum absolute atomic E-state index is 0.0336. The number of carbonyl (C=O) groups excluding carboxylic acids is 1. The van der Waals surface area contributed by atoms with Crippen LogP contribution < -0.4 is 0 Å². The summed E-state index contributed by atoms with van der Waals surface area (Å²) in [5.74, 6) is 0.707. The second-order valence-electron chi connectivity index (χ2n) is 6.58. The van der Waals surface area contributed by atoms with Gasteiger partial charge in [0.1, 0.15) is 0 Å². The molecule has 0 amide bonds. The van der Waals surface area contributed by atoms with Crippen LogP contribution in [-0.2, 0) is 14.3 Å². The highest BCUT2D eigenvalue weighted by atomic mass is 16.6. The van der Waals surface area contributed by atoms with E-state index in [9.17, 15) is 9.90 Å². The van der Waals surface area contributed by atoms with E-state index in [1.54, 1.807) is 0 Å². The Morgan fingerprint density at radius 2 is 1.89 bits per heavy atom. The molecule has 1 heterocycles. The minimum Gasteiger partial charge on any atom is -0.467 e. The highest BCUT2D eigenvalue weighted by Gasteiger charge is 2.52. The van der Waals surface area contributed by atoms with E-state index in [0.29, 0.717) is 12.3 Å². The van der Waals surface area contributed by atoms with E-state index in [4.69, 9.17) is 9.47 Å². The molecule has 1 aliphatic heterocycles. The quantitative estimate of drug-likeness (QED) is 0.740. The summed E-state index contributed by atoms with van der Waals surface area (Å²) in [6.45, 7) is 8.09. The third-order valence-corrected chi connectivity index (χ3v) is 5.49. The van der Waals surface area contributed by atoms with Crippen LogP contribution in [-0.4, -0.2) is 36.0 Å². The second kappa shape index (κ2) is 5.06. The number of methoxy groups -OCH3 is 1. The van der Waals surface area contributed by atoms with Gasteiger partial charge >= 0.3 is 5.97 Å². The van der Waals surface area contributed by atoms with Crippen molar-refractivity contribution in [3.63, 3.8) is 0 Å². The molecule has 2 aliphatic rings. The van der Waals surface area contributed by atoms with Crippen LogP contribution in [0.1, 0.15) is 40.5 Å². The summed E-state index contributed by atoms with van der Waals surface area (Å²) in [5, 5.41) is 10.3. The molecular weight excluding hydrogens is 244 g/mol. The van der Waals surface area contributed by atoms with Gasteiger partial charge in [-0.3, -0.25) is 0 Å². The third-order valence-electron chi connectivity index (χ3n) is 5.49. The van der Waals surface area contributed by atoms with Crippen molar-refractivity contribution in [3.8, 4) is 0 Å². The van der Waals surface area contributed by atoms with Crippen molar-refractivity contribution >= 4 is 5.97 Å². The first kappa shape index (κ1) is 14.8. The highest BCUT2D eigenvalue weighted by molar-refractivity contribution is 5.79. The lowest BCUT2D eigenvalue weighted by molar-refractivity contribution is -0.225. The normalized spacial score (nSPS) is 50.4. The molecule has 19 heavy (non-hydrogen) atoms. The monoisotopic (exact) mass is 270 g/mol. The average Bonchev–Trinajstić information content (AvgIpc) is 2.41. The molecular formula is C15H26O4. The van der Waals surface area contributed by atoms with Crippen LogP contribution in [0.25, 0.3) is 0 Å². The Labute approximate surface area is 115 Å². The Hall–Kier alpha value is -0.610. The van der Waals surface area contributed by atoms with Crippen molar-refractivity contribution in [3.05, 3.63) is 0 Å². The van der Waals surface area contributed by atoms with Gasteiger partial charge in [-0.05, 0) is 43.4 Å². The summed E-state index contributed by atoms with van der Waals surface area (Å²) < 4.78 is 11.0. The van der Waals surface area contributed by atoms with Gasteiger partial charge in [0.2, 0.25) is 0 Å². The van der Waals surface area contributed by atoms with E-state index in [0.717, 1.165) is 6.42 Å². The molecule has 2 rings (SSSR count). The smallest absolute Gasteiger partial charge is 0.337 e. The molecule has 1 N–H and O–H groups in total. The van der Waals surface area contributed by atoms with Crippen LogP contribution in [0.2, 0.25) is 0 Å². The Kier molecular flexibility index (Phi) is 3.94. The SMILES string of the molecule is COC(=O)[C@]1(C)CCC2C(C)C(O)C(C)C(C)C2O1. The topological polar surface area (TPSA) is 55.8 Å². The van der Waals surface area contributed by atoms with Crippen molar-refractivity contribution in [2.75, 3.05) is 7.11 Å². The molecule has 1 aliphatic carbocycles. The summed E-state index contributed by atoms with van der Waals surface area (Å²) in [7, 11) is 1.41. The van der Waals surface area contributed by atoms with Crippen LogP contribution in [0.3, 0.4) is 0 Å². The maximum atomic E-state index is 11.9. The molecule has 4 nitrogen and oxygen atoms in total. The summed E-state index contributed by atoms with van der Waals surface area (Å²) in [4.78, 5) is 11.9. The van der Waals surface area contributed by atoms with Crippen molar-refractivity contribution in [1.82, 2.24) is 0 Å². The average molecular weight is 270 g/mol. The fourth-order valence-electron chi connectivity index (χ4n) is 3.82. The summed E-state index contributed by atoms with van der Waals surface area (Å²) >= 11 is 0. The molecule has 0 radical (unpaired) electrons. The number of hydrogen-bond donors (Lipinski definition) is 1. The zero-order valence-electron chi connectivity index (χ0n) is 12.6. The molecule has 110 valence electrons. The Morgan fingerprint density at radius 1 is 1.26 bits per heavy atom. The van der Waals surface area contributed by atoms with Crippen LogP contribution in [0.4, 0.5) is 0 Å². The predicted octanol–water partition coefficient (Wildman–Crippen LogP) is 2.00. The number of aliphatic hydroxyl groups excluding tert-OH is 1. The Balaban J connectivity index is 2.21. The molecule has 0 aromatic carbocycles. The molecule has 0 aromatic rings. The van der Waals surface area contributed by atoms with Crippen molar-refractivity contribution < 1.29 is 19.4 Å². The van der Waals surface area contributed by atoms with Crippen molar-refractivity contribution in [2.45, 2.75) is 58.3 Å². The van der Waals surface area contributed by atoms with Gasteiger partial charge in [-0.2, -0.15) is 0 Å². The van der Waals surface area contributed by atoms with E-state index in [1.165, 1.54) is 7.11 Å². The third kappa shape index (κ3) is 2.29. The summed E-state index contributed by atoms with van der Waals surface area (Å²) in [5.41, 5.74) is -0.827. The Bertz CT molecular complexity index is 356. The maximum absolute atomic E-state index is 11.9. The largest absolute Gasteiger partial charge is 0.467 e. The first-order valence-electron chi connectivity index (χ1n) is 7.26. The van der Waals surface area contributed by atoms with E-state index >= 15 is 0 Å². The number of rotatable bonds is 1. The number of esters is 1. The number of carbonyl (C=O) groups is 1. The lowest BCUT2D eigenvalue weighted by Crippen LogP contribution is -2.58. The molecule has 4 heteroatoms. The van der Waals surface area contributed by atoms with Crippen LogP contribution in [0.5, 0.6) is 0 Å². The van der Waals surface area contributed by atoms with Gasteiger partial charge in [-0.1, -0.05) is 20.8 Å². The zero-order valence-corrected chi connectivity index (χ0v) is 12.6. The molecule has 0 aromatic heterocycles. The van der Waals surface area contributed by atoms with Gasteiger partial charge in [-0.15, -0.1) is 0 Å². The lowest BCUT2D eigenvalue weighted by Gasteiger charge is -2.52. The molecule has 7 atom stereocenters. The van der Waals surface area contributed by atoms with Gasteiger partial charge in [-0.25, -0.2) is 4.79 Å². The first-order chi connectivity index (χ1) is 8.81. The molecule has 1 saturated heterocycles. The van der Waals surface area contributed by atoms with E-state index in [-0.39, 0.29) is 35.9 Å². The van der Waals surface area contributed by atoms with Crippen LogP contribution in [0, 0.1) is 23.7 Å². The van der Waals surface area contributed by atoms with Gasteiger partial charge in [0.05, 0.1) is 19.3 Å². The molecule has 6 unspecified atom stereocenters.